The van der Waals surface area contributed by atoms with Crippen molar-refractivity contribution in [2.45, 2.75) is 377 Å². The van der Waals surface area contributed by atoms with Gasteiger partial charge in [0, 0.05) is 0 Å². The topological polar surface area (TPSA) is 189 Å². The average molecular weight is 1150 g/mol. The molecule has 0 aliphatic carbocycles. The SMILES string of the molecule is CCCCCCCCCCCCCC/C=C\CCCCCCCCCCC(O)C(=O)NC(COC1OC(CO)C(O)C(O)C1O)C(O)C(O)CCC/C=C/CC/C=C/CC/C=C/CCCCCCCCCCCCCCCCCCC. The number of carbonyl (C=O) groups is 1. The van der Waals surface area contributed by atoms with Crippen LogP contribution < -0.4 is 5.32 Å². The van der Waals surface area contributed by atoms with E-state index >= 15 is 0 Å². The number of allylic oxidation sites excluding steroid dienone is 8. The van der Waals surface area contributed by atoms with Gasteiger partial charge in [-0.3, -0.25) is 4.79 Å². The number of aliphatic hydroxyl groups is 7. The smallest absolute Gasteiger partial charge is 0.249 e. The number of unbranched alkanes of at least 4 members (excludes halogenated alkanes) is 40. The zero-order valence-electron chi connectivity index (χ0n) is 52.5. The summed E-state index contributed by atoms with van der Waals surface area (Å²) in [5.41, 5.74) is 0. The Morgan fingerprint density at radius 1 is 0.420 bits per heavy atom. The summed E-state index contributed by atoms with van der Waals surface area (Å²) in [7, 11) is 0. The van der Waals surface area contributed by atoms with Gasteiger partial charge >= 0.3 is 0 Å². The average Bonchev–Trinajstić information content (AvgIpc) is 3.51. The Hall–Kier alpha value is -1.93. The molecule has 0 aromatic carbocycles. The fourth-order valence-electron chi connectivity index (χ4n) is 11.0. The van der Waals surface area contributed by atoms with E-state index in [-0.39, 0.29) is 12.8 Å². The van der Waals surface area contributed by atoms with E-state index in [0.717, 1.165) is 51.4 Å². The Morgan fingerprint density at radius 2 is 0.741 bits per heavy atom. The molecular weight excluding hydrogens is 1010 g/mol. The minimum Gasteiger partial charge on any atom is -0.394 e. The normalized spacial score (nSPS) is 19.4. The van der Waals surface area contributed by atoms with E-state index in [0.29, 0.717) is 19.3 Å². The van der Waals surface area contributed by atoms with Gasteiger partial charge in [-0.1, -0.05) is 281 Å². The van der Waals surface area contributed by atoms with Crippen molar-refractivity contribution in [3.63, 3.8) is 0 Å². The predicted molar refractivity (Wildman–Crippen MR) is 339 cm³/mol. The lowest BCUT2D eigenvalue weighted by Crippen LogP contribution is -2.60. The van der Waals surface area contributed by atoms with Gasteiger partial charge in [-0.2, -0.15) is 0 Å². The summed E-state index contributed by atoms with van der Waals surface area (Å²) in [6.45, 7) is 3.48. The lowest BCUT2D eigenvalue weighted by atomic mass is 9.98. The molecule has 0 aromatic heterocycles. The molecule has 0 spiro atoms. The van der Waals surface area contributed by atoms with E-state index in [1.807, 2.05) is 0 Å². The van der Waals surface area contributed by atoms with Gasteiger partial charge in [0.05, 0.1) is 25.4 Å². The maximum atomic E-state index is 13.2. The summed E-state index contributed by atoms with van der Waals surface area (Å²) in [5.74, 6) is -0.712. The first-order chi connectivity index (χ1) is 39.7. The fourth-order valence-corrected chi connectivity index (χ4v) is 11.0. The third kappa shape index (κ3) is 46.0. The van der Waals surface area contributed by atoms with Gasteiger partial charge in [0.25, 0.3) is 0 Å². The second-order valence-electron chi connectivity index (χ2n) is 24.2. The summed E-state index contributed by atoms with van der Waals surface area (Å²) in [4.78, 5) is 13.2. The molecule has 0 bridgehead atoms. The van der Waals surface area contributed by atoms with E-state index in [2.05, 4.69) is 67.8 Å². The van der Waals surface area contributed by atoms with Gasteiger partial charge in [0.15, 0.2) is 6.29 Å². The second kappa shape index (κ2) is 58.5. The number of carbonyl (C=O) groups excluding carboxylic acids is 1. The van der Waals surface area contributed by atoms with Gasteiger partial charge < -0.3 is 50.5 Å². The van der Waals surface area contributed by atoms with E-state index in [9.17, 15) is 40.5 Å². The van der Waals surface area contributed by atoms with Crippen LogP contribution in [0.2, 0.25) is 0 Å². The maximum absolute atomic E-state index is 13.2. The molecule has 11 heteroatoms. The van der Waals surface area contributed by atoms with Crippen molar-refractivity contribution in [2.75, 3.05) is 13.2 Å². The van der Waals surface area contributed by atoms with Crippen LogP contribution in [0.4, 0.5) is 0 Å². The number of hydrogen-bond donors (Lipinski definition) is 8. The Bertz CT molecular complexity index is 1460. The lowest BCUT2D eigenvalue weighted by molar-refractivity contribution is -0.303. The van der Waals surface area contributed by atoms with Gasteiger partial charge in [0.2, 0.25) is 5.91 Å². The Kier molecular flexibility index (Phi) is 55.6. The molecule has 1 saturated heterocycles. The molecule has 1 fully saturated rings. The molecule has 0 aromatic rings. The Labute approximate surface area is 498 Å². The second-order valence-corrected chi connectivity index (χ2v) is 24.2. The Morgan fingerprint density at radius 3 is 1.10 bits per heavy atom. The van der Waals surface area contributed by atoms with Crippen LogP contribution in [0.1, 0.15) is 322 Å². The molecule has 1 amide bonds. The highest BCUT2D eigenvalue weighted by Gasteiger charge is 2.44. The summed E-state index contributed by atoms with van der Waals surface area (Å²) in [5, 5.41) is 76.4. The van der Waals surface area contributed by atoms with Crippen LogP contribution in [-0.4, -0.2) is 110 Å². The molecule has 0 radical (unpaired) electrons. The van der Waals surface area contributed by atoms with Crippen LogP contribution in [0.5, 0.6) is 0 Å². The maximum Gasteiger partial charge on any atom is 0.249 e. The van der Waals surface area contributed by atoms with Crippen molar-refractivity contribution < 1.29 is 50.0 Å². The first-order valence-corrected chi connectivity index (χ1v) is 34.5. The van der Waals surface area contributed by atoms with Crippen LogP contribution in [0.25, 0.3) is 0 Å². The zero-order valence-corrected chi connectivity index (χ0v) is 52.5. The van der Waals surface area contributed by atoms with Crippen molar-refractivity contribution in [3.05, 3.63) is 48.6 Å². The summed E-state index contributed by atoms with van der Waals surface area (Å²) >= 11 is 0. The first kappa shape index (κ1) is 77.1. The van der Waals surface area contributed by atoms with Crippen LogP contribution in [0.15, 0.2) is 48.6 Å². The molecule has 9 atom stereocenters. The number of hydrogen-bond acceptors (Lipinski definition) is 10. The van der Waals surface area contributed by atoms with Crippen molar-refractivity contribution in [1.29, 1.82) is 0 Å². The number of nitrogens with one attached hydrogen (secondary N) is 1. The molecule has 81 heavy (non-hydrogen) atoms. The van der Waals surface area contributed by atoms with Crippen LogP contribution in [0.3, 0.4) is 0 Å². The van der Waals surface area contributed by atoms with E-state index in [4.69, 9.17) is 9.47 Å². The summed E-state index contributed by atoms with van der Waals surface area (Å²) in [6, 6.07) is -1.20. The summed E-state index contributed by atoms with van der Waals surface area (Å²) in [6.07, 6.45) is 64.8. The van der Waals surface area contributed by atoms with Crippen LogP contribution in [0, 0.1) is 0 Å². The number of amides is 1. The first-order valence-electron chi connectivity index (χ1n) is 34.5. The van der Waals surface area contributed by atoms with Gasteiger partial charge in [0.1, 0.15) is 36.6 Å². The monoisotopic (exact) mass is 1150 g/mol. The molecule has 476 valence electrons. The number of aliphatic hydroxyl groups excluding tert-OH is 7. The Balaban J connectivity index is 2.26. The lowest BCUT2D eigenvalue weighted by Gasteiger charge is -2.40. The molecule has 1 aliphatic rings. The van der Waals surface area contributed by atoms with E-state index in [1.165, 1.54) is 225 Å². The third-order valence-electron chi connectivity index (χ3n) is 16.6. The molecule has 1 aliphatic heterocycles. The molecule has 1 rings (SSSR count). The minimum absolute atomic E-state index is 0.240. The highest BCUT2D eigenvalue weighted by atomic mass is 16.7. The van der Waals surface area contributed by atoms with Gasteiger partial charge in [-0.15, -0.1) is 0 Å². The molecule has 1 heterocycles. The number of ether oxygens (including phenoxy) is 2. The fraction of sp³-hybridized carbons (Fsp3) is 0.871. The largest absolute Gasteiger partial charge is 0.394 e. The molecule has 9 unspecified atom stereocenters. The van der Waals surface area contributed by atoms with E-state index < -0.39 is 74.2 Å². The van der Waals surface area contributed by atoms with Crippen molar-refractivity contribution in [3.8, 4) is 0 Å². The third-order valence-corrected chi connectivity index (χ3v) is 16.6. The predicted octanol–water partition coefficient (Wildman–Crippen LogP) is 16.4. The van der Waals surface area contributed by atoms with Crippen molar-refractivity contribution in [1.82, 2.24) is 5.32 Å². The van der Waals surface area contributed by atoms with E-state index in [1.54, 1.807) is 0 Å². The number of rotatable bonds is 60. The highest BCUT2D eigenvalue weighted by molar-refractivity contribution is 5.80. The minimum atomic E-state index is -1.68. The van der Waals surface area contributed by atoms with Crippen LogP contribution >= 0.6 is 0 Å². The van der Waals surface area contributed by atoms with Gasteiger partial charge in [-0.25, -0.2) is 0 Å². The zero-order chi connectivity index (χ0) is 58.9. The molecule has 11 nitrogen and oxygen atoms in total. The van der Waals surface area contributed by atoms with Gasteiger partial charge in [-0.05, 0) is 89.9 Å². The molecule has 8 N–H and O–H groups in total. The van der Waals surface area contributed by atoms with Crippen LogP contribution in [-0.2, 0) is 14.3 Å². The quantitative estimate of drug-likeness (QED) is 0.0215. The highest BCUT2D eigenvalue weighted by Crippen LogP contribution is 2.24. The van der Waals surface area contributed by atoms with Crippen molar-refractivity contribution in [2.24, 2.45) is 0 Å². The molecular formula is C70H131NO10. The van der Waals surface area contributed by atoms with Crippen molar-refractivity contribution >= 4 is 5.91 Å². The standard InChI is InChI=1S/C70H131NO10/c1-3-5-7-9-11-13-15-17-19-21-23-25-27-29-30-31-32-33-34-36-37-39-41-43-45-47-49-51-53-55-57-62(73)65(75)61(60-80-70-68(78)67(77)66(76)64(59-72)81-70)71-69(79)63(74)58-56-54-52-50-48-46-44-42-40-38-35-28-26-24-22-20-18-16-14-12-10-8-6-4-2/h34-36,38,41,43,49,51,61-68,70,72-78H,3-33,37,39-40,42,44-48,50,52-60H2,1-2H3,(H,71,79)/b36-34+,38-35-,43-41+,51-49+. The molecule has 0 saturated carbocycles. The summed E-state index contributed by atoms with van der Waals surface area (Å²) < 4.78 is 11.2.